The lowest BCUT2D eigenvalue weighted by molar-refractivity contribution is -0.121. The fraction of sp³-hybridized carbons (Fsp3) is 0.409. The van der Waals surface area contributed by atoms with Crippen LogP contribution in [0.25, 0.3) is 0 Å². The summed E-state index contributed by atoms with van der Waals surface area (Å²) in [6.45, 7) is 7.24. The third-order valence-corrected chi connectivity index (χ3v) is 4.02. The molecule has 0 saturated carbocycles. The molecule has 0 radical (unpaired) electrons. The number of hydrogen-bond acceptors (Lipinski definition) is 3. The van der Waals surface area contributed by atoms with Gasteiger partial charge in [0.25, 0.3) is 0 Å². The van der Waals surface area contributed by atoms with Gasteiger partial charge >= 0.3 is 0 Å². The Labute approximate surface area is 160 Å². The normalized spacial score (nSPS) is 11.7. The number of carbonyl (C=O) groups is 1. The zero-order valence-corrected chi connectivity index (χ0v) is 16.3. The summed E-state index contributed by atoms with van der Waals surface area (Å²) >= 11 is 0. The molecule has 27 heavy (non-hydrogen) atoms. The number of carbonyl (C=O) groups excluding carboxylic acids is 1. The van der Waals surface area contributed by atoms with Crippen LogP contribution >= 0.6 is 0 Å². The number of benzene rings is 2. The maximum Gasteiger partial charge on any atom is 0.224 e. The number of nitrogens with one attached hydrogen (secondary N) is 1. The molecule has 2 aromatic rings. The number of ether oxygens (including phenoxy) is 2. The smallest absolute Gasteiger partial charge is 0.224 e. The Balaban J connectivity index is 2.05. The molecule has 1 N–H and O–H groups in total. The van der Waals surface area contributed by atoms with Crippen LogP contribution in [0.2, 0.25) is 0 Å². The summed E-state index contributed by atoms with van der Waals surface area (Å²) in [5, 5.41) is 2.95. The van der Waals surface area contributed by atoms with Crippen molar-refractivity contribution in [2.45, 2.75) is 46.1 Å². The van der Waals surface area contributed by atoms with Gasteiger partial charge in [0.15, 0.2) is 11.5 Å². The van der Waals surface area contributed by atoms with Crippen molar-refractivity contribution in [2.24, 2.45) is 0 Å². The van der Waals surface area contributed by atoms with E-state index in [-0.39, 0.29) is 24.2 Å². The fourth-order valence-electron chi connectivity index (χ4n) is 2.66. The van der Waals surface area contributed by atoms with Gasteiger partial charge in [0.05, 0.1) is 25.7 Å². The minimum atomic E-state index is -0.339. The van der Waals surface area contributed by atoms with Crippen LogP contribution in [0.1, 0.15) is 50.8 Å². The third-order valence-electron chi connectivity index (χ3n) is 4.02. The molecular formula is C22H28FNO3. The van der Waals surface area contributed by atoms with Crippen LogP contribution in [0, 0.1) is 5.82 Å². The van der Waals surface area contributed by atoms with Gasteiger partial charge in [-0.1, -0.05) is 32.0 Å². The average molecular weight is 373 g/mol. The lowest BCUT2D eigenvalue weighted by atomic mass is 10.1. The van der Waals surface area contributed by atoms with Crippen molar-refractivity contribution in [3.63, 3.8) is 0 Å². The molecule has 0 aliphatic rings. The highest BCUT2D eigenvalue weighted by Crippen LogP contribution is 2.31. The zero-order valence-electron chi connectivity index (χ0n) is 16.3. The van der Waals surface area contributed by atoms with E-state index in [1.165, 1.54) is 12.1 Å². The van der Waals surface area contributed by atoms with Gasteiger partial charge in [-0.25, -0.2) is 4.39 Å². The number of halogens is 1. The van der Waals surface area contributed by atoms with E-state index in [2.05, 4.69) is 12.2 Å². The summed E-state index contributed by atoms with van der Waals surface area (Å²) in [5.41, 5.74) is 1.58. The molecule has 0 aliphatic carbocycles. The van der Waals surface area contributed by atoms with Crippen LogP contribution < -0.4 is 14.8 Å². The van der Waals surface area contributed by atoms with Crippen molar-refractivity contribution < 1.29 is 18.7 Å². The molecular weight excluding hydrogens is 345 g/mol. The molecule has 2 aromatic carbocycles. The first kappa shape index (κ1) is 20.7. The molecule has 5 heteroatoms. The van der Waals surface area contributed by atoms with Crippen LogP contribution in [0.15, 0.2) is 42.5 Å². The molecule has 0 saturated heterocycles. The van der Waals surface area contributed by atoms with E-state index in [9.17, 15) is 9.18 Å². The second-order valence-corrected chi connectivity index (χ2v) is 6.50. The van der Waals surface area contributed by atoms with Crippen LogP contribution in [0.3, 0.4) is 0 Å². The molecule has 0 aliphatic heterocycles. The molecule has 1 atom stereocenters. The molecule has 146 valence electrons. The number of amides is 1. The molecule has 0 fully saturated rings. The van der Waals surface area contributed by atoms with E-state index in [0.29, 0.717) is 30.3 Å². The number of rotatable bonds is 10. The van der Waals surface area contributed by atoms with Gasteiger partial charge < -0.3 is 14.8 Å². The topological polar surface area (TPSA) is 47.6 Å². The van der Waals surface area contributed by atoms with Gasteiger partial charge in [-0.2, -0.15) is 0 Å². The molecule has 1 unspecified atom stereocenters. The fourth-order valence-corrected chi connectivity index (χ4v) is 2.66. The van der Waals surface area contributed by atoms with Crippen molar-refractivity contribution in [3.05, 3.63) is 59.4 Å². The molecule has 4 nitrogen and oxygen atoms in total. The van der Waals surface area contributed by atoms with E-state index < -0.39 is 0 Å². The Hall–Kier alpha value is -2.56. The van der Waals surface area contributed by atoms with Gasteiger partial charge in [0.2, 0.25) is 5.91 Å². The van der Waals surface area contributed by atoms with Crippen LogP contribution in [0.5, 0.6) is 11.5 Å². The van der Waals surface area contributed by atoms with Crippen LogP contribution in [-0.4, -0.2) is 19.1 Å². The van der Waals surface area contributed by atoms with E-state index in [1.54, 1.807) is 12.1 Å². The van der Waals surface area contributed by atoms with Crippen molar-refractivity contribution in [2.75, 3.05) is 13.2 Å². The lowest BCUT2D eigenvalue weighted by Crippen LogP contribution is -2.28. The first-order valence-corrected chi connectivity index (χ1v) is 9.46. The van der Waals surface area contributed by atoms with Gasteiger partial charge in [-0.15, -0.1) is 0 Å². The summed E-state index contributed by atoms with van der Waals surface area (Å²) in [6, 6.07) is 11.6. The standard InChI is InChI=1S/C22H28FNO3/c1-4-11-26-20-10-9-18(15-21(20)27-12-5-2)16(3)24-22(25)14-17-7-6-8-19(23)13-17/h6-10,13,15-16H,4-5,11-12,14H2,1-3H3,(H,24,25). The highest BCUT2D eigenvalue weighted by Gasteiger charge is 2.14. The predicted molar refractivity (Wildman–Crippen MR) is 105 cm³/mol. The summed E-state index contributed by atoms with van der Waals surface area (Å²) in [6.07, 6.45) is 1.96. The zero-order chi connectivity index (χ0) is 19.6. The summed E-state index contributed by atoms with van der Waals surface area (Å²) in [7, 11) is 0. The van der Waals surface area contributed by atoms with E-state index in [0.717, 1.165) is 18.4 Å². The Kier molecular flexibility index (Phi) is 8.11. The Bertz CT molecular complexity index is 748. The van der Waals surface area contributed by atoms with E-state index in [1.807, 2.05) is 32.0 Å². The first-order chi connectivity index (χ1) is 13.0. The van der Waals surface area contributed by atoms with Gasteiger partial charge in [-0.3, -0.25) is 4.79 Å². The monoisotopic (exact) mass is 373 g/mol. The van der Waals surface area contributed by atoms with Crippen LogP contribution in [0.4, 0.5) is 4.39 Å². The Morgan fingerprint density at radius 3 is 2.41 bits per heavy atom. The maximum absolute atomic E-state index is 13.3. The summed E-state index contributed by atoms with van der Waals surface area (Å²) < 4.78 is 24.8. The lowest BCUT2D eigenvalue weighted by Gasteiger charge is -2.18. The summed E-state index contributed by atoms with van der Waals surface area (Å²) in [5.74, 6) is 0.908. The largest absolute Gasteiger partial charge is 0.490 e. The minimum absolute atomic E-state index is 0.138. The Morgan fingerprint density at radius 2 is 1.74 bits per heavy atom. The van der Waals surface area contributed by atoms with E-state index in [4.69, 9.17) is 9.47 Å². The predicted octanol–water partition coefficient (Wildman–Crippen LogP) is 4.82. The third kappa shape index (κ3) is 6.59. The molecule has 0 heterocycles. The average Bonchev–Trinajstić information content (AvgIpc) is 2.64. The quantitative estimate of drug-likeness (QED) is 0.649. The van der Waals surface area contributed by atoms with Gasteiger partial charge in [0.1, 0.15) is 5.82 Å². The minimum Gasteiger partial charge on any atom is -0.490 e. The van der Waals surface area contributed by atoms with Crippen LogP contribution in [-0.2, 0) is 11.2 Å². The Morgan fingerprint density at radius 1 is 1.04 bits per heavy atom. The molecule has 1 amide bonds. The van der Waals surface area contributed by atoms with Gasteiger partial charge in [0, 0.05) is 0 Å². The second-order valence-electron chi connectivity index (χ2n) is 6.50. The summed E-state index contributed by atoms with van der Waals surface area (Å²) in [4.78, 5) is 12.3. The second kappa shape index (κ2) is 10.6. The van der Waals surface area contributed by atoms with E-state index >= 15 is 0 Å². The molecule has 0 spiro atoms. The number of hydrogen-bond donors (Lipinski definition) is 1. The van der Waals surface area contributed by atoms with Gasteiger partial charge in [-0.05, 0) is 55.2 Å². The molecule has 0 aromatic heterocycles. The van der Waals surface area contributed by atoms with Crippen molar-refractivity contribution in [1.82, 2.24) is 5.32 Å². The molecule has 0 bridgehead atoms. The highest BCUT2D eigenvalue weighted by molar-refractivity contribution is 5.79. The highest BCUT2D eigenvalue weighted by atomic mass is 19.1. The maximum atomic E-state index is 13.3. The molecule has 2 rings (SSSR count). The van der Waals surface area contributed by atoms with Crippen molar-refractivity contribution in [3.8, 4) is 11.5 Å². The van der Waals surface area contributed by atoms with Crippen molar-refractivity contribution >= 4 is 5.91 Å². The van der Waals surface area contributed by atoms with Crippen molar-refractivity contribution in [1.29, 1.82) is 0 Å². The first-order valence-electron chi connectivity index (χ1n) is 9.46. The SMILES string of the molecule is CCCOc1ccc(C(C)NC(=O)Cc2cccc(F)c2)cc1OCCC.